The van der Waals surface area contributed by atoms with Crippen LogP contribution in [0.2, 0.25) is 0 Å². The van der Waals surface area contributed by atoms with Gasteiger partial charge in [-0.15, -0.1) is 0 Å². The van der Waals surface area contributed by atoms with Crippen molar-refractivity contribution in [3.63, 3.8) is 0 Å². The molecule has 1 saturated carbocycles. The van der Waals surface area contributed by atoms with Crippen LogP contribution in [0.4, 0.5) is 14.5 Å². The summed E-state index contributed by atoms with van der Waals surface area (Å²) in [6.45, 7) is 4.08. The number of benzene rings is 1. The molecule has 2 aromatic rings. The SMILES string of the molecule is Cc1nc(SCC(=O)Nc2ccccc2SC(F)F)n(C2CCCCC2)c1C. The lowest BCUT2D eigenvalue weighted by Crippen LogP contribution is -2.17. The van der Waals surface area contributed by atoms with E-state index in [-0.39, 0.29) is 11.7 Å². The van der Waals surface area contributed by atoms with Gasteiger partial charge in [0, 0.05) is 16.6 Å². The zero-order chi connectivity index (χ0) is 20.1. The smallest absolute Gasteiger partial charge is 0.288 e. The predicted molar refractivity (Wildman–Crippen MR) is 111 cm³/mol. The van der Waals surface area contributed by atoms with Crippen molar-refractivity contribution >= 4 is 35.1 Å². The summed E-state index contributed by atoms with van der Waals surface area (Å²) in [5.41, 5.74) is 2.57. The summed E-state index contributed by atoms with van der Waals surface area (Å²) in [6, 6.07) is 7.08. The number of para-hydroxylation sites is 1. The van der Waals surface area contributed by atoms with Gasteiger partial charge in [-0.1, -0.05) is 54.9 Å². The second kappa shape index (κ2) is 9.78. The van der Waals surface area contributed by atoms with Crippen molar-refractivity contribution in [2.24, 2.45) is 0 Å². The molecule has 1 heterocycles. The van der Waals surface area contributed by atoms with Crippen molar-refractivity contribution in [1.82, 2.24) is 9.55 Å². The van der Waals surface area contributed by atoms with Crippen LogP contribution in [0.15, 0.2) is 34.3 Å². The van der Waals surface area contributed by atoms with Gasteiger partial charge in [-0.25, -0.2) is 4.98 Å². The molecule has 0 spiro atoms. The highest BCUT2D eigenvalue weighted by Gasteiger charge is 2.22. The summed E-state index contributed by atoms with van der Waals surface area (Å²) in [4.78, 5) is 17.5. The maximum Gasteiger partial charge on any atom is 0.288 e. The molecular formula is C20H25F2N3OS2. The Morgan fingerprint density at radius 2 is 1.96 bits per heavy atom. The topological polar surface area (TPSA) is 46.9 Å². The predicted octanol–water partition coefficient (Wildman–Crippen LogP) is 6.05. The molecule has 1 amide bonds. The third-order valence-electron chi connectivity index (χ3n) is 5.00. The monoisotopic (exact) mass is 425 g/mol. The Hall–Kier alpha value is -1.54. The summed E-state index contributed by atoms with van der Waals surface area (Å²) >= 11 is 1.84. The minimum Gasteiger partial charge on any atom is -0.324 e. The van der Waals surface area contributed by atoms with E-state index in [0.717, 1.165) is 29.4 Å². The molecule has 3 rings (SSSR count). The second-order valence-corrected chi connectivity index (χ2v) is 8.91. The molecule has 1 N–H and O–H groups in total. The van der Waals surface area contributed by atoms with Crippen LogP contribution in [-0.2, 0) is 4.79 Å². The molecule has 0 unspecified atom stereocenters. The molecule has 1 aromatic carbocycles. The summed E-state index contributed by atoms with van der Waals surface area (Å²) in [6.07, 6.45) is 6.03. The van der Waals surface area contributed by atoms with E-state index in [1.54, 1.807) is 24.3 Å². The van der Waals surface area contributed by atoms with Gasteiger partial charge in [0.25, 0.3) is 5.76 Å². The third kappa shape index (κ3) is 5.29. The summed E-state index contributed by atoms with van der Waals surface area (Å²) in [7, 11) is 0. The first-order valence-electron chi connectivity index (χ1n) is 9.47. The number of alkyl halides is 2. The van der Waals surface area contributed by atoms with Gasteiger partial charge < -0.3 is 9.88 Å². The highest BCUT2D eigenvalue weighted by molar-refractivity contribution is 8.00. The Labute approximate surface area is 172 Å². The number of thioether (sulfide) groups is 2. The summed E-state index contributed by atoms with van der Waals surface area (Å²) < 4.78 is 27.7. The number of carbonyl (C=O) groups is 1. The first-order valence-corrected chi connectivity index (χ1v) is 11.3. The highest BCUT2D eigenvalue weighted by atomic mass is 32.2. The highest BCUT2D eigenvalue weighted by Crippen LogP contribution is 2.35. The largest absolute Gasteiger partial charge is 0.324 e. The van der Waals surface area contributed by atoms with Crippen LogP contribution in [0.3, 0.4) is 0 Å². The molecule has 1 aliphatic rings. The molecule has 0 bridgehead atoms. The number of imidazole rings is 1. The van der Waals surface area contributed by atoms with Crippen molar-refractivity contribution in [3.8, 4) is 0 Å². The Balaban J connectivity index is 1.66. The van der Waals surface area contributed by atoms with Gasteiger partial charge in [0.2, 0.25) is 5.91 Å². The van der Waals surface area contributed by atoms with Gasteiger partial charge in [0.15, 0.2) is 5.16 Å². The van der Waals surface area contributed by atoms with E-state index < -0.39 is 5.76 Å². The number of carbonyl (C=O) groups excluding carboxylic acids is 1. The minimum absolute atomic E-state index is 0.191. The van der Waals surface area contributed by atoms with Crippen LogP contribution >= 0.6 is 23.5 Å². The number of nitrogens with one attached hydrogen (secondary N) is 1. The molecule has 8 heteroatoms. The number of halogens is 2. The normalized spacial score (nSPS) is 15.2. The van der Waals surface area contributed by atoms with Crippen molar-refractivity contribution in [2.45, 2.75) is 67.8 Å². The fourth-order valence-electron chi connectivity index (χ4n) is 3.55. The number of rotatable bonds is 7. The molecule has 28 heavy (non-hydrogen) atoms. The fraction of sp³-hybridized carbons (Fsp3) is 0.500. The standard InChI is InChI=1S/C20H25F2N3OS2/c1-13-14(2)25(15-8-4-3-5-9-15)20(23-13)27-12-18(26)24-16-10-6-7-11-17(16)28-19(21)22/h6-7,10-11,15,19H,3-5,8-9,12H2,1-2H3,(H,24,26). The number of aryl methyl sites for hydroxylation is 1. The van der Waals surface area contributed by atoms with E-state index in [0.29, 0.717) is 28.4 Å². The van der Waals surface area contributed by atoms with Gasteiger partial charge >= 0.3 is 0 Å². The van der Waals surface area contributed by atoms with Gasteiger partial charge in [-0.3, -0.25) is 4.79 Å². The van der Waals surface area contributed by atoms with Crippen molar-refractivity contribution < 1.29 is 13.6 Å². The average molecular weight is 426 g/mol. The quantitative estimate of drug-likeness (QED) is 0.549. The van der Waals surface area contributed by atoms with Crippen LogP contribution < -0.4 is 5.32 Å². The first kappa shape index (κ1) is 21.2. The number of nitrogens with zero attached hydrogens (tertiary/aromatic N) is 2. The van der Waals surface area contributed by atoms with E-state index in [1.165, 1.54) is 31.0 Å². The molecule has 1 aromatic heterocycles. The Morgan fingerprint density at radius 3 is 2.68 bits per heavy atom. The van der Waals surface area contributed by atoms with Crippen LogP contribution in [-0.4, -0.2) is 27.0 Å². The number of amides is 1. The summed E-state index contributed by atoms with van der Waals surface area (Å²) in [5.74, 6) is -2.56. The number of hydrogen-bond acceptors (Lipinski definition) is 4. The zero-order valence-electron chi connectivity index (χ0n) is 16.1. The molecule has 0 radical (unpaired) electrons. The van der Waals surface area contributed by atoms with E-state index in [9.17, 15) is 13.6 Å². The second-order valence-electron chi connectivity index (χ2n) is 6.94. The summed E-state index contributed by atoms with van der Waals surface area (Å²) in [5, 5.41) is 3.62. The van der Waals surface area contributed by atoms with Crippen LogP contribution in [0.1, 0.15) is 49.5 Å². The van der Waals surface area contributed by atoms with E-state index in [4.69, 9.17) is 0 Å². The molecule has 0 saturated heterocycles. The minimum atomic E-state index is -2.53. The third-order valence-corrected chi connectivity index (χ3v) is 6.74. The van der Waals surface area contributed by atoms with Crippen molar-refractivity contribution in [2.75, 3.05) is 11.1 Å². The lowest BCUT2D eigenvalue weighted by atomic mass is 9.95. The molecule has 1 aliphatic carbocycles. The van der Waals surface area contributed by atoms with Crippen LogP contribution in [0.5, 0.6) is 0 Å². The molecule has 152 valence electrons. The number of aromatic nitrogens is 2. The van der Waals surface area contributed by atoms with Gasteiger partial charge in [0.1, 0.15) is 0 Å². The zero-order valence-corrected chi connectivity index (χ0v) is 17.7. The molecular weight excluding hydrogens is 400 g/mol. The fourth-order valence-corrected chi connectivity index (χ4v) is 5.11. The number of anilines is 1. The average Bonchev–Trinajstić information content (AvgIpc) is 2.96. The number of hydrogen-bond donors (Lipinski definition) is 1. The Bertz CT molecular complexity index is 820. The maximum atomic E-state index is 12.7. The van der Waals surface area contributed by atoms with Crippen molar-refractivity contribution in [3.05, 3.63) is 35.7 Å². The van der Waals surface area contributed by atoms with Crippen LogP contribution in [0.25, 0.3) is 0 Å². The molecule has 0 atom stereocenters. The maximum absolute atomic E-state index is 12.7. The van der Waals surface area contributed by atoms with Gasteiger partial charge in [-0.05, 0) is 38.8 Å². The van der Waals surface area contributed by atoms with Crippen molar-refractivity contribution in [1.29, 1.82) is 0 Å². The molecule has 4 nitrogen and oxygen atoms in total. The Morgan fingerprint density at radius 1 is 1.25 bits per heavy atom. The lowest BCUT2D eigenvalue weighted by Gasteiger charge is -2.26. The first-order chi connectivity index (χ1) is 13.5. The lowest BCUT2D eigenvalue weighted by molar-refractivity contribution is -0.113. The van der Waals surface area contributed by atoms with Gasteiger partial charge in [-0.2, -0.15) is 8.78 Å². The molecule has 0 aliphatic heterocycles. The van der Waals surface area contributed by atoms with E-state index in [2.05, 4.69) is 21.8 Å². The molecule has 1 fully saturated rings. The van der Waals surface area contributed by atoms with Gasteiger partial charge in [0.05, 0.1) is 17.1 Å². The van der Waals surface area contributed by atoms with E-state index in [1.807, 2.05) is 6.92 Å². The Kier molecular flexibility index (Phi) is 7.40. The van der Waals surface area contributed by atoms with E-state index >= 15 is 0 Å². The van der Waals surface area contributed by atoms with Crippen LogP contribution in [0, 0.1) is 13.8 Å².